The summed E-state index contributed by atoms with van der Waals surface area (Å²) in [7, 11) is 0. The number of benzene rings is 2. The highest BCUT2D eigenvalue weighted by molar-refractivity contribution is 7.99. The van der Waals surface area contributed by atoms with Gasteiger partial charge in [0.25, 0.3) is 5.56 Å². The van der Waals surface area contributed by atoms with Crippen molar-refractivity contribution in [2.45, 2.75) is 25.0 Å². The van der Waals surface area contributed by atoms with Crippen molar-refractivity contribution in [2.75, 3.05) is 5.75 Å². The Balaban J connectivity index is 1.90. The van der Waals surface area contributed by atoms with Gasteiger partial charge < -0.3 is 5.32 Å². The van der Waals surface area contributed by atoms with E-state index in [1.165, 1.54) is 11.8 Å². The Morgan fingerprint density at radius 1 is 1.07 bits per heavy atom. The predicted octanol–water partition coefficient (Wildman–Crippen LogP) is 2.65. The van der Waals surface area contributed by atoms with Crippen LogP contribution in [0.5, 0.6) is 0 Å². The van der Waals surface area contributed by atoms with Crippen molar-refractivity contribution >= 4 is 34.3 Å². The Bertz CT molecular complexity index is 1210. The highest BCUT2D eigenvalue weighted by Gasteiger charge is 2.18. The first kappa shape index (κ1) is 18.2. The number of aromatic nitrogens is 4. The van der Waals surface area contributed by atoms with Crippen LogP contribution < -0.4 is 10.9 Å². The van der Waals surface area contributed by atoms with Gasteiger partial charge in [-0.2, -0.15) is 0 Å². The van der Waals surface area contributed by atoms with Crippen LogP contribution in [0.25, 0.3) is 22.4 Å². The van der Waals surface area contributed by atoms with Crippen LogP contribution in [0.15, 0.2) is 64.5 Å². The van der Waals surface area contributed by atoms with Crippen molar-refractivity contribution in [3.05, 3.63) is 65.0 Å². The lowest BCUT2D eigenvalue weighted by atomic mass is 10.2. The summed E-state index contributed by atoms with van der Waals surface area (Å²) >= 11 is 1.29. The molecule has 0 fully saturated rings. The van der Waals surface area contributed by atoms with Gasteiger partial charge in [0.15, 0.2) is 5.16 Å². The first-order valence-electron chi connectivity index (χ1n) is 8.92. The van der Waals surface area contributed by atoms with E-state index in [1.807, 2.05) is 66.8 Å². The Morgan fingerprint density at radius 2 is 1.79 bits per heavy atom. The van der Waals surface area contributed by atoms with Crippen molar-refractivity contribution in [3.63, 3.8) is 0 Å². The molecule has 0 radical (unpaired) electrons. The maximum Gasteiger partial charge on any atom is 0.267 e. The molecule has 1 N–H and O–H groups in total. The number of nitrogens with one attached hydrogen (secondary N) is 1. The molecule has 0 unspecified atom stereocenters. The van der Waals surface area contributed by atoms with E-state index in [2.05, 4.69) is 15.5 Å². The third-order valence-corrected chi connectivity index (χ3v) is 5.12. The number of fused-ring (bicyclic) bond motifs is 3. The van der Waals surface area contributed by atoms with E-state index < -0.39 is 0 Å². The number of amides is 1. The summed E-state index contributed by atoms with van der Waals surface area (Å²) in [5, 5.41) is 12.5. The number of carbonyl (C=O) groups is 1. The molecule has 0 aliphatic rings. The van der Waals surface area contributed by atoms with Crippen LogP contribution in [-0.4, -0.2) is 36.9 Å². The van der Waals surface area contributed by atoms with Crippen LogP contribution in [0.2, 0.25) is 0 Å². The first-order valence-corrected chi connectivity index (χ1v) is 9.91. The summed E-state index contributed by atoms with van der Waals surface area (Å²) < 4.78 is 3.38. The van der Waals surface area contributed by atoms with Gasteiger partial charge in [-0.05, 0) is 38.1 Å². The fraction of sp³-hybridized carbons (Fsp3) is 0.200. The van der Waals surface area contributed by atoms with Gasteiger partial charge in [0.05, 0.1) is 22.3 Å². The average molecular weight is 393 g/mol. The number of thioether (sulfide) groups is 1. The van der Waals surface area contributed by atoms with E-state index in [0.717, 1.165) is 0 Å². The van der Waals surface area contributed by atoms with Crippen LogP contribution in [0.4, 0.5) is 0 Å². The second-order valence-electron chi connectivity index (χ2n) is 6.62. The number of hydrogen-bond donors (Lipinski definition) is 1. The molecule has 28 heavy (non-hydrogen) atoms. The second-order valence-corrected chi connectivity index (χ2v) is 7.56. The lowest BCUT2D eigenvalue weighted by molar-refractivity contribution is -0.119. The topological polar surface area (TPSA) is 81.3 Å². The van der Waals surface area contributed by atoms with Gasteiger partial charge in [-0.3, -0.25) is 14.0 Å². The van der Waals surface area contributed by atoms with Crippen molar-refractivity contribution < 1.29 is 4.79 Å². The highest BCUT2D eigenvalue weighted by atomic mass is 32.2. The normalized spacial score (nSPS) is 11.4. The van der Waals surface area contributed by atoms with Gasteiger partial charge in [-0.1, -0.05) is 42.1 Å². The third kappa shape index (κ3) is 3.27. The molecule has 0 spiro atoms. The summed E-state index contributed by atoms with van der Waals surface area (Å²) in [6.45, 7) is 3.84. The van der Waals surface area contributed by atoms with E-state index in [-0.39, 0.29) is 23.3 Å². The van der Waals surface area contributed by atoms with Crippen molar-refractivity contribution in [1.82, 2.24) is 24.5 Å². The standard InChI is InChI=1S/C20H19N5O2S/c1-13(2)21-17(26)12-28-20-23-22-19-24(14-8-4-3-5-9-14)18(27)15-10-6-7-11-16(15)25(19)20/h3-11,13H,12H2,1-2H3,(H,21,26). The van der Waals surface area contributed by atoms with Crippen LogP contribution in [0.3, 0.4) is 0 Å². The van der Waals surface area contributed by atoms with Gasteiger partial charge in [0.2, 0.25) is 11.7 Å². The number of carbonyl (C=O) groups excluding carboxylic acids is 1. The van der Waals surface area contributed by atoms with E-state index in [9.17, 15) is 9.59 Å². The lowest BCUT2D eigenvalue weighted by Crippen LogP contribution is -2.31. The molecule has 2 aromatic heterocycles. The number of rotatable bonds is 5. The van der Waals surface area contributed by atoms with Crippen LogP contribution in [-0.2, 0) is 4.79 Å². The molecule has 0 saturated heterocycles. The molecule has 142 valence electrons. The zero-order valence-electron chi connectivity index (χ0n) is 15.5. The Morgan fingerprint density at radius 3 is 2.54 bits per heavy atom. The van der Waals surface area contributed by atoms with Crippen LogP contribution in [0, 0.1) is 0 Å². The SMILES string of the molecule is CC(C)NC(=O)CSc1nnc2n(-c3ccccc3)c(=O)c3ccccc3n12. The van der Waals surface area contributed by atoms with Gasteiger partial charge in [-0.15, -0.1) is 10.2 Å². The Labute approximate surface area is 165 Å². The van der Waals surface area contributed by atoms with E-state index >= 15 is 0 Å². The lowest BCUT2D eigenvalue weighted by Gasteiger charge is -2.11. The second kappa shape index (κ2) is 7.47. The molecular formula is C20H19N5O2S. The molecule has 4 rings (SSSR count). The summed E-state index contributed by atoms with van der Waals surface area (Å²) in [6, 6.07) is 16.8. The fourth-order valence-corrected chi connectivity index (χ4v) is 3.83. The molecule has 8 heteroatoms. The third-order valence-electron chi connectivity index (χ3n) is 4.19. The molecular weight excluding hydrogens is 374 g/mol. The molecule has 1 amide bonds. The van der Waals surface area contributed by atoms with Crippen molar-refractivity contribution in [1.29, 1.82) is 0 Å². The number of hydrogen-bond acceptors (Lipinski definition) is 5. The molecule has 2 heterocycles. The van der Waals surface area contributed by atoms with E-state index in [1.54, 1.807) is 10.6 Å². The minimum absolute atomic E-state index is 0.0718. The zero-order valence-corrected chi connectivity index (χ0v) is 16.3. The number of nitrogens with zero attached hydrogens (tertiary/aromatic N) is 4. The van der Waals surface area contributed by atoms with Crippen LogP contribution >= 0.6 is 11.8 Å². The molecule has 4 aromatic rings. The Kier molecular flexibility index (Phi) is 4.87. The zero-order chi connectivity index (χ0) is 19.7. The largest absolute Gasteiger partial charge is 0.353 e. The minimum Gasteiger partial charge on any atom is -0.353 e. The highest BCUT2D eigenvalue weighted by Crippen LogP contribution is 2.23. The maximum atomic E-state index is 13.2. The summed E-state index contributed by atoms with van der Waals surface area (Å²) in [6.07, 6.45) is 0. The summed E-state index contributed by atoms with van der Waals surface area (Å²) in [5.41, 5.74) is 1.27. The van der Waals surface area contributed by atoms with Gasteiger partial charge >= 0.3 is 0 Å². The predicted molar refractivity (Wildman–Crippen MR) is 110 cm³/mol. The summed E-state index contributed by atoms with van der Waals surface area (Å²) in [4.78, 5) is 25.2. The monoisotopic (exact) mass is 393 g/mol. The number of para-hydroxylation sites is 2. The average Bonchev–Trinajstić information content (AvgIpc) is 3.11. The molecule has 0 aliphatic heterocycles. The Hall–Kier alpha value is -3.13. The first-order chi connectivity index (χ1) is 13.6. The van der Waals surface area contributed by atoms with Crippen molar-refractivity contribution in [2.24, 2.45) is 0 Å². The molecule has 0 atom stereocenters. The van der Waals surface area contributed by atoms with Crippen LogP contribution in [0.1, 0.15) is 13.8 Å². The summed E-state index contributed by atoms with van der Waals surface area (Å²) in [5.74, 6) is 0.566. The molecule has 0 bridgehead atoms. The van der Waals surface area contributed by atoms with Gasteiger partial charge in [0, 0.05) is 6.04 Å². The van der Waals surface area contributed by atoms with Crippen molar-refractivity contribution in [3.8, 4) is 5.69 Å². The molecule has 0 saturated carbocycles. The molecule has 7 nitrogen and oxygen atoms in total. The van der Waals surface area contributed by atoms with E-state index in [4.69, 9.17) is 0 Å². The van der Waals surface area contributed by atoms with Gasteiger partial charge in [0.1, 0.15) is 0 Å². The smallest absolute Gasteiger partial charge is 0.267 e. The maximum absolute atomic E-state index is 13.2. The van der Waals surface area contributed by atoms with E-state index in [0.29, 0.717) is 27.5 Å². The quantitative estimate of drug-likeness (QED) is 0.527. The minimum atomic E-state index is -0.157. The fourth-order valence-electron chi connectivity index (χ4n) is 3.08. The molecule has 2 aromatic carbocycles. The molecule has 0 aliphatic carbocycles. The van der Waals surface area contributed by atoms with Gasteiger partial charge in [-0.25, -0.2) is 4.57 Å².